The molecular formula is C9H10NOP. The van der Waals surface area contributed by atoms with Crippen LogP contribution in [-0.4, -0.2) is 10.5 Å². The Bertz CT molecular complexity index is 389. The van der Waals surface area contributed by atoms with Crippen LogP contribution in [-0.2, 0) is 0 Å². The minimum absolute atomic E-state index is 0. The van der Waals surface area contributed by atoms with E-state index in [-0.39, 0.29) is 5.48 Å². The first-order valence-corrected chi connectivity index (χ1v) is 4.05. The second kappa shape index (κ2) is 3.61. The van der Waals surface area contributed by atoms with E-state index < -0.39 is 0 Å². The largest absolute Gasteiger partial charge is 0.412 e. The molecule has 1 unspecified atom stereocenters. The van der Waals surface area contributed by atoms with E-state index in [1.54, 1.807) is 0 Å². The quantitative estimate of drug-likeness (QED) is 0.554. The highest BCUT2D eigenvalue weighted by Crippen LogP contribution is 2.08. The smallest absolute Gasteiger partial charge is 0.0709 e. The Morgan fingerprint density at radius 1 is 1.00 bits per heavy atom. The van der Waals surface area contributed by atoms with Crippen LogP contribution in [0.1, 0.15) is 0 Å². The summed E-state index contributed by atoms with van der Waals surface area (Å²) in [5.74, 6) is 0. The number of pyridine rings is 1. The summed E-state index contributed by atoms with van der Waals surface area (Å²) in [4.78, 5) is 4.34. The fraction of sp³-hybridized carbons (Fsp3) is 0. The Labute approximate surface area is 73.1 Å². The number of hydrogen-bond donors (Lipinski definition) is 0. The first-order chi connectivity index (χ1) is 5.36. The lowest BCUT2D eigenvalue weighted by Crippen LogP contribution is -1.95. The maximum Gasteiger partial charge on any atom is 0.0709 e. The van der Waals surface area contributed by atoms with E-state index in [1.807, 2.05) is 24.3 Å². The molecule has 1 aromatic heterocycles. The monoisotopic (exact) mass is 179 g/mol. The fourth-order valence-electron chi connectivity index (χ4n) is 1.08. The molecule has 0 radical (unpaired) electrons. The van der Waals surface area contributed by atoms with Crippen molar-refractivity contribution in [3.05, 3.63) is 36.4 Å². The van der Waals surface area contributed by atoms with Crippen LogP contribution in [0, 0.1) is 0 Å². The van der Waals surface area contributed by atoms with Crippen molar-refractivity contribution in [1.29, 1.82) is 0 Å². The van der Waals surface area contributed by atoms with Gasteiger partial charge in [0.25, 0.3) is 0 Å². The molecule has 2 rings (SSSR count). The van der Waals surface area contributed by atoms with Crippen LogP contribution in [0.4, 0.5) is 0 Å². The van der Waals surface area contributed by atoms with E-state index in [0.717, 1.165) is 11.0 Å². The molecule has 0 aliphatic carbocycles. The van der Waals surface area contributed by atoms with Crippen LogP contribution >= 0.6 is 9.24 Å². The first-order valence-electron chi connectivity index (χ1n) is 3.47. The molecular weight excluding hydrogens is 169 g/mol. The molecule has 12 heavy (non-hydrogen) atoms. The third kappa shape index (κ3) is 1.60. The Balaban J connectivity index is 0.000000720. The minimum atomic E-state index is 0. The normalized spacial score (nSPS) is 9.42. The van der Waals surface area contributed by atoms with Gasteiger partial charge in [0.05, 0.1) is 11.0 Å². The van der Waals surface area contributed by atoms with E-state index in [2.05, 4.69) is 26.4 Å². The molecule has 0 saturated heterocycles. The maximum atomic E-state index is 4.34. The van der Waals surface area contributed by atoms with Gasteiger partial charge in [-0.3, -0.25) is 0 Å². The van der Waals surface area contributed by atoms with Gasteiger partial charge in [-0.25, -0.2) is 4.98 Å². The van der Waals surface area contributed by atoms with Crippen molar-refractivity contribution >= 4 is 25.6 Å². The molecule has 62 valence electrons. The number of rotatable bonds is 0. The summed E-state index contributed by atoms with van der Waals surface area (Å²) < 4.78 is 0. The van der Waals surface area contributed by atoms with Gasteiger partial charge in [0.1, 0.15) is 0 Å². The Hall–Kier alpha value is -0.980. The number of hydrogen-bond acceptors (Lipinski definition) is 1. The summed E-state index contributed by atoms with van der Waals surface area (Å²) >= 11 is 0. The van der Waals surface area contributed by atoms with E-state index in [9.17, 15) is 0 Å². The topological polar surface area (TPSA) is 44.4 Å². The zero-order chi connectivity index (χ0) is 7.68. The van der Waals surface area contributed by atoms with Gasteiger partial charge in [0, 0.05) is 5.39 Å². The third-order valence-corrected chi connectivity index (χ3v) is 1.94. The van der Waals surface area contributed by atoms with Crippen molar-refractivity contribution < 1.29 is 5.48 Å². The average Bonchev–Trinajstić information content (AvgIpc) is 2.04. The van der Waals surface area contributed by atoms with Gasteiger partial charge in [-0.05, 0) is 12.1 Å². The summed E-state index contributed by atoms with van der Waals surface area (Å²) in [7, 11) is 2.59. The Kier molecular flexibility index (Phi) is 2.74. The fourth-order valence-corrected chi connectivity index (χ4v) is 1.32. The molecule has 1 heterocycles. The highest BCUT2D eigenvalue weighted by molar-refractivity contribution is 7.26. The number of fused-ring (bicyclic) bond motifs is 1. The van der Waals surface area contributed by atoms with Crippen LogP contribution < -0.4 is 5.44 Å². The summed E-state index contributed by atoms with van der Waals surface area (Å²) in [6.45, 7) is 0. The van der Waals surface area contributed by atoms with Gasteiger partial charge in [-0.2, -0.15) is 0 Å². The molecule has 0 aliphatic rings. The number of nitrogens with zero attached hydrogens (tertiary/aromatic N) is 1. The average molecular weight is 179 g/mol. The van der Waals surface area contributed by atoms with Crippen molar-refractivity contribution in [2.45, 2.75) is 0 Å². The molecule has 3 heteroatoms. The molecule has 2 nitrogen and oxygen atoms in total. The first kappa shape index (κ1) is 9.11. The predicted molar refractivity (Wildman–Crippen MR) is 54.7 cm³/mol. The minimum Gasteiger partial charge on any atom is -0.412 e. The van der Waals surface area contributed by atoms with Crippen LogP contribution in [0.25, 0.3) is 10.9 Å². The molecule has 1 aromatic carbocycles. The molecule has 0 saturated carbocycles. The third-order valence-electron chi connectivity index (χ3n) is 1.62. The van der Waals surface area contributed by atoms with Gasteiger partial charge in [-0.15, -0.1) is 0 Å². The molecule has 1 atom stereocenters. The SMILES string of the molecule is O.Pc1ccc2ccccc2n1. The molecule has 0 fully saturated rings. The lowest BCUT2D eigenvalue weighted by atomic mass is 10.2. The molecule has 0 aliphatic heterocycles. The summed E-state index contributed by atoms with van der Waals surface area (Å²) in [5, 5.41) is 1.19. The van der Waals surface area contributed by atoms with Gasteiger partial charge in [-0.1, -0.05) is 33.5 Å². The summed E-state index contributed by atoms with van der Waals surface area (Å²) in [5.41, 5.74) is 2.05. The second-order valence-electron chi connectivity index (χ2n) is 2.43. The highest BCUT2D eigenvalue weighted by Gasteiger charge is 1.91. The van der Waals surface area contributed by atoms with E-state index in [4.69, 9.17) is 0 Å². The lowest BCUT2D eigenvalue weighted by molar-refractivity contribution is 0.824. The Morgan fingerprint density at radius 3 is 2.58 bits per heavy atom. The number of para-hydroxylation sites is 1. The van der Waals surface area contributed by atoms with Gasteiger partial charge in [0.15, 0.2) is 0 Å². The van der Waals surface area contributed by atoms with E-state index in [1.165, 1.54) is 5.39 Å². The van der Waals surface area contributed by atoms with Gasteiger partial charge >= 0.3 is 0 Å². The summed E-state index contributed by atoms with van der Waals surface area (Å²) in [6, 6.07) is 12.2. The van der Waals surface area contributed by atoms with Gasteiger partial charge in [0.2, 0.25) is 0 Å². The highest BCUT2D eigenvalue weighted by atomic mass is 31.0. The van der Waals surface area contributed by atoms with Crippen LogP contribution in [0.5, 0.6) is 0 Å². The lowest BCUT2D eigenvalue weighted by Gasteiger charge is -1.95. The second-order valence-corrected chi connectivity index (χ2v) is 3.02. The van der Waals surface area contributed by atoms with Crippen molar-refractivity contribution in [3.63, 3.8) is 0 Å². The number of benzene rings is 1. The summed E-state index contributed by atoms with van der Waals surface area (Å²) in [6.07, 6.45) is 0. The molecule has 0 amide bonds. The van der Waals surface area contributed by atoms with Crippen LogP contribution in [0.2, 0.25) is 0 Å². The van der Waals surface area contributed by atoms with E-state index in [0.29, 0.717) is 0 Å². The van der Waals surface area contributed by atoms with Crippen molar-refractivity contribution in [1.82, 2.24) is 4.98 Å². The van der Waals surface area contributed by atoms with Crippen molar-refractivity contribution in [2.75, 3.05) is 0 Å². The molecule has 0 bridgehead atoms. The van der Waals surface area contributed by atoms with Crippen LogP contribution in [0.3, 0.4) is 0 Å². The zero-order valence-electron chi connectivity index (χ0n) is 6.49. The Morgan fingerprint density at radius 2 is 1.75 bits per heavy atom. The molecule has 2 N–H and O–H groups in total. The molecule has 0 spiro atoms. The standard InChI is InChI=1S/C9H8NP.H2O/c11-9-6-5-7-3-1-2-4-8(7)10-9;/h1-6H,11H2;1H2. The zero-order valence-corrected chi connectivity index (χ0v) is 7.64. The van der Waals surface area contributed by atoms with Crippen molar-refractivity contribution in [2.24, 2.45) is 0 Å². The van der Waals surface area contributed by atoms with Gasteiger partial charge < -0.3 is 5.48 Å². The predicted octanol–water partition coefficient (Wildman–Crippen LogP) is 0.910. The maximum absolute atomic E-state index is 4.34. The molecule has 2 aromatic rings. The van der Waals surface area contributed by atoms with E-state index >= 15 is 0 Å². The number of aromatic nitrogens is 1. The van der Waals surface area contributed by atoms with Crippen LogP contribution in [0.15, 0.2) is 36.4 Å². The van der Waals surface area contributed by atoms with Crippen molar-refractivity contribution in [3.8, 4) is 0 Å².